The third-order valence-electron chi connectivity index (χ3n) is 3.28. The summed E-state index contributed by atoms with van der Waals surface area (Å²) in [7, 11) is 2.09. The lowest BCUT2D eigenvalue weighted by Gasteiger charge is -2.35. The average Bonchev–Trinajstić information content (AvgIpc) is 2.24. The van der Waals surface area contributed by atoms with Crippen molar-refractivity contribution in [1.82, 2.24) is 9.80 Å². The number of nitrogens with zero attached hydrogens (tertiary/aromatic N) is 2. The second-order valence-corrected chi connectivity index (χ2v) is 4.79. The highest BCUT2D eigenvalue weighted by molar-refractivity contribution is 5.67. The van der Waals surface area contributed by atoms with E-state index < -0.39 is 5.97 Å². The number of morpholine rings is 1. The molecule has 0 radical (unpaired) electrons. The van der Waals surface area contributed by atoms with E-state index in [4.69, 9.17) is 9.84 Å². The number of carboxylic acid groups (broad SMARTS) is 1. The fraction of sp³-hybridized carbons (Fsp3) is 0.917. The van der Waals surface area contributed by atoms with Crippen LogP contribution in [0, 0.1) is 0 Å². The van der Waals surface area contributed by atoms with Crippen LogP contribution in [0.5, 0.6) is 0 Å². The number of hydrogen-bond acceptors (Lipinski definition) is 4. The number of rotatable bonds is 6. The van der Waals surface area contributed by atoms with Crippen LogP contribution in [0.3, 0.4) is 0 Å². The highest BCUT2D eigenvalue weighted by Crippen LogP contribution is 2.09. The molecule has 0 spiro atoms. The summed E-state index contributed by atoms with van der Waals surface area (Å²) in [5, 5.41) is 8.81. The Kier molecular flexibility index (Phi) is 5.88. The molecule has 0 saturated carbocycles. The molecule has 2 unspecified atom stereocenters. The minimum absolute atomic E-state index is 0.0633. The maximum absolute atomic E-state index is 10.7. The van der Waals surface area contributed by atoms with Crippen molar-refractivity contribution in [2.24, 2.45) is 0 Å². The first-order chi connectivity index (χ1) is 8.02. The molecule has 0 bridgehead atoms. The van der Waals surface area contributed by atoms with Gasteiger partial charge in [-0.15, -0.1) is 0 Å². The van der Waals surface area contributed by atoms with Gasteiger partial charge in [0.05, 0.1) is 19.1 Å². The molecule has 1 fully saturated rings. The normalized spacial score (nSPS) is 23.9. The summed E-state index contributed by atoms with van der Waals surface area (Å²) in [4.78, 5) is 15.1. The Bertz CT molecular complexity index is 248. The molecule has 1 rings (SSSR count). The standard InChI is InChI=1S/C12H24N2O3/c1-4-14(10(2)7-12(15)16)9-11-8-13(3)5-6-17-11/h10-11H,4-9H2,1-3H3,(H,15,16). The first kappa shape index (κ1) is 14.4. The van der Waals surface area contributed by atoms with Crippen molar-refractivity contribution in [3.05, 3.63) is 0 Å². The molecular weight excluding hydrogens is 220 g/mol. The summed E-state index contributed by atoms with van der Waals surface area (Å²) >= 11 is 0. The van der Waals surface area contributed by atoms with Crippen molar-refractivity contribution >= 4 is 5.97 Å². The molecule has 1 aliphatic rings. The topological polar surface area (TPSA) is 53.0 Å². The molecule has 5 nitrogen and oxygen atoms in total. The average molecular weight is 244 g/mol. The van der Waals surface area contributed by atoms with Gasteiger partial charge in [0, 0.05) is 25.7 Å². The monoisotopic (exact) mass is 244 g/mol. The van der Waals surface area contributed by atoms with Crippen molar-refractivity contribution in [3.8, 4) is 0 Å². The van der Waals surface area contributed by atoms with Crippen LogP contribution in [0.25, 0.3) is 0 Å². The van der Waals surface area contributed by atoms with Crippen LogP contribution >= 0.6 is 0 Å². The summed E-state index contributed by atoms with van der Waals surface area (Å²) in [5.74, 6) is -0.738. The summed E-state index contributed by atoms with van der Waals surface area (Å²) in [6.45, 7) is 8.37. The number of hydrogen-bond donors (Lipinski definition) is 1. The molecule has 17 heavy (non-hydrogen) atoms. The minimum Gasteiger partial charge on any atom is -0.481 e. The summed E-state index contributed by atoms with van der Waals surface area (Å²) < 4.78 is 5.71. The van der Waals surface area contributed by atoms with Crippen LogP contribution < -0.4 is 0 Å². The molecule has 1 aliphatic heterocycles. The Morgan fingerprint density at radius 2 is 2.35 bits per heavy atom. The van der Waals surface area contributed by atoms with Gasteiger partial charge in [0.25, 0.3) is 0 Å². The fourth-order valence-electron chi connectivity index (χ4n) is 2.24. The molecule has 0 aromatic rings. The van der Waals surface area contributed by atoms with Crippen LogP contribution in [0.1, 0.15) is 20.3 Å². The molecule has 0 amide bonds. The lowest BCUT2D eigenvalue weighted by Crippen LogP contribution is -2.48. The molecule has 1 saturated heterocycles. The minimum atomic E-state index is -0.738. The molecule has 2 atom stereocenters. The lowest BCUT2D eigenvalue weighted by molar-refractivity contribution is -0.138. The van der Waals surface area contributed by atoms with Gasteiger partial charge in [0.15, 0.2) is 0 Å². The molecule has 1 N–H and O–H groups in total. The second kappa shape index (κ2) is 6.93. The van der Waals surface area contributed by atoms with E-state index >= 15 is 0 Å². The van der Waals surface area contributed by atoms with Crippen LogP contribution in [0.15, 0.2) is 0 Å². The first-order valence-corrected chi connectivity index (χ1v) is 6.29. The van der Waals surface area contributed by atoms with Crippen molar-refractivity contribution in [3.63, 3.8) is 0 Å². The van der Waals surface area contributed by atoms with Gasteiger partial charge >= 0.3 is 5.97 Å². The smallest absolute Gasteiger partial charge is 0.304 e. The van der Waals surface area contributed by atoms with Gasteiger partial charge in [-0.2, -0.15) is 0 Å². The number of carboxylic acids is 1. The van der Waals surface area contributed by atoms with Gasteiger partial charge in [-0.05, 0) is 20.5 Å². The van der Waals surface area contributed by atoms with Gasteiger partial charge in [-0.3, -0.25) is 9.69 Å². The predicted octanol–water partition coefficient (Wildman–Crippen LogP) is 0.502. The number of ether oxygens (including phenoxy) is 1. The zero-order valence-corrected chi connectivity index (χ0v) is 11.1. The third-order valence-corrected chi connectivity index (χ3v) is 3.28. The van der Waals surface area contributed by atoms with Gasteiger partial charge < -0.3 is 14.7 Å². The van der Waals surface area contributed by atoms with E-state index in [1.807, 2.05) is 6.92 Å². The second-order valence-electron chi connectivity index (χ2n) is 4.79. The maximum Gasteiger partial charge on any atom is 0.304 e. The predicted molar refractivity (Wildman–Crippen MR) is 66.2 cm³/mol. The van der Waals surface area contributed by atoms with E-state index in [1.54, 1.807) is 0 Å². The molecule has 0 aliphatic carbocycles. The molecule has 100 valence electrons. The largest absolute Gasteiger partial charge is 0.481 e. The maximum atomic E-state index is 10.7. The number of aliphatic carboxylic acids is 1. The van der Waals surface area contributed by atoms with Crippen LogP contribution in [-0.4, -0.2) is 72.9 Å². The Labute approximate surface area is 103 Å². The van der Waals surface area contributed by atoms with E-state index in [9.17, 15) is 4.79 Å². The molecule has 0 aromatic carbocycles. The van der Waals surface area contributed by atoms with E-state index in [2.05, 4.69) is 23.8 Å². The van der Waals surface area contributed by atoms with Crippen LogP contribution in [0.2, 0.25) is 0 Å². The number of likely N-dealkylation sites (N-methyl/N-ethyl adjacent to an activating group) is 2. The molecule has 5 heteroatoms. The van der Waals surface area contributed by atoms with E-state index in [0.29, 0.717) is 0 Å². The Hall–Kier alpha value is -0.650. The van der Waals surface area contributed by atoms with E-state index in [-0.39, 0.29) is 18.6 Å². The number of carbonyl (C=O) groups is 1. The summed E-state index contributed by atoms with van der Waals surface area (Å²) in [6, 6.07) is 0.0633. The Morgan fingerprint density at radius 1 is 1.65 bits per heavy atom. The third kappa shape index (κ3) is 5.02. The molecule has 0 aromatic heterocycles. The van der Waals surface area contributed by atoms with Crippen molar-refractivity contribution in [2.75, 3.05) is 39.8 Å². The van der Waals surface area contributed by atoms with Crippen molar-refractivity contribution in [1.29, 1.82) is 0 Å². The Balaban J connectivity index is 2.42. The lowest BCUT2D eigenvalue weighted by atomic mass is 10.1. The van der Waals surface area contributed by atoms with Crippen molar-refractivity contribution in [2.45, 2.75) is 32.4 Å². The zero-order chi connectivity index (χ0) is 12.8. The first-order valence-electron chi connectivity index (χ1n) is 6.29. The highest BCUT2D eigenvalue weighted by Gasteiger charge is 2.23. The SMILES string of the molecule is CCN(CC1CN(C)CCO1)C(C)CC(=O)O. The fourth-order valence-corrected chi connectivity index (χ4v) is 2.24. The molecular formula is C12H24N2O3. The van der Waals surface area contributed by atoms with Gasteiger partial charge in [-0.1, -0.05) is 6.92 Å². The molecule has 1 heterocycles. The summed E-state index contributed by atoms with van der Waals surface area (Å²) in [5.41, 5.74) is 0. The summed E-state index contributed by atoms with van der Waals surface area (Å²) in [6.07, 6.45) is 0.390. The van der Waals surface area contributed by atoms with Crippen LogP contribution in [0.4, 0.5) is 0 Å². The van der Waals surface area contributed by atoms with Gasteiger partial charge in [-0.25, -0.2) is 0 Å². The van der Waals surface area contributed by atoms with E-state index in [1.165, 1.54) is 0 Å². The van der Waals surface area contributed by atoms with Gasteiger partial charge in [0.2, 0.25) is 0 Å². The van der Waals surface area contributed by atoms with E-state index in [0.717, 1.165) is 32.8 Å². The highest BCUT2D eigenvalue weighted by atomic mass is 16.5. The Morgan fingerprint density at radius 3 is 2.88 bits per heavy atom. The van der Waals surface area contributed by atoms with Crippen LogP contribution in [-0.2, 0) is 9.53 Å². The quantitative estimate of drug-likeness (QED) is 0.737. The van der Waals surface area contributed by atoms with Gasteiger partial charge in [0.1, 0.15) is 0 Å². The van der Waals surface area contributed by atoms with Crippen molar-refractivity contribution < 1.29 is 14.6 Å². The zero-order valence-electron chi connectivity index (χ0n) is 11.1.